The maximum absolute atomic E-state index is 12.1. The average molecular weight is 380 g/mol. The van der Waals surface area contributed by atoms with Crippen molar-refractivity contribution < 1.29 is 14.3 Å². The molecule has 146 valence electrons. The summed E-state index contributed by atoms with van der Waals surface area (Å²) in [6.45, 7) is 2.31. The van der Waals surface area contributed by atoms with Crippen LogP contribution in [0.5, 0.6) is 5.75 Å². The van der Waals surface area contributed by atoms with Gasteiger partial charge in [0.25, 0.3) is 5.91 Å². The van der Waals surface area contributed by atoms with Crippen LogP contribution in [0.4, 0.5) is 5.69 Å². The Morgan fingerprint density at radius 1 is 1.11 bits per heavy atom. The summed E-state index contributed by atoms with van der Waals surface area (Å²) in [4.78, 5) is 28.1. The van der Waals surface area contributed by atoms with Gasteiger partial charge in [-0.3, -0.25) is 9.59 Å². The van der Waals surface area contributed by atoms with Gasteiger partial charge in [0.05, 0.1) is 11.0 Å². The third-order valence-electron chi connectivity index (χ3n) is 4.36. The highest BCUT2D eigenvalue weighted by Gasteiger charge is 2.10. The Kier molecular flexibility index (Phi) is 6.26. The number of anilines is 1. The standard InChI is InChI=1S/C21H24N4O3/c1-3-20(26)22-12-11-19-24-17-13-15(9-10-18(17)25(19)2)23-21(27)14-28-16-7-5-4-6-8-16/h4-10,13H,3,11-12,14H2,1-2H3,(H,22,26)(H,23,27). The normalized spacial score (nSPS) is 10.6. The third kappa shape index (κ3) is 4.88. The van der Waals surface area contributed by atoms with Crippen molar-refractivity contribution in [1.29, 1.82) is 0 Å². The number of aryl methyl sites for hydroxylation is 1. The number of rotatable bonds is 8. The molecule has 0 radical (unpaired) electrons. The fourth-order valence-corrected chi connectivity index (χ4v) is 2.85. The first kappa shape index (κ1) is 19.4. The number of para-hydroxylation sites is 1. The molecule has 7 heteroatoms. The number of hydrogen-bond donors (Lipinski definition) is 2. The molecule has 0 atom stereocenters. The highest BCUT2D eigenvalue weighted by Crippen LogP contribution is 2.20. The van der Waals surface area contributed by atoms with Crippen molar-refractivity contribution in [3.8, 4) is 5.75 Å². The van der Waals surface area contributed by atoms with Gasteiger partial charge in [-0.15, -0.1) is 0 Å². The molecule has 2 N–H and O–H groups in total. The Morgan fingerprint density at radius 2 is 1.89 bits per heavy atom. The highest BCUT2D eigenvalue weighted by atomic mass is 16.5. The minimum Gasteiger partial charge on any atom is -0.484 e. The van der Waals surface area contributed by atoms with Crippen LogP contribution in [-0.2, 0) is 23.1 Å². The molecular formula is C21H24N4O3. The molecule has 0 fully saturated rings. The van der Waals surface area contributed by atoms with Crippen molar-refractivity contribution in [1.82, 2.24) is 14.9 Å². The Labute approximate surface area is 163 Å². The molecule has 28 heavy (non-hydrogen) atoms. The molecule has 2 aromatic carbocycles. The minimum atomic E-state index is -0.235. The molecule has 0 aliphatic carbocycles. The molecule has 1 aromatic heterocycles. The van der Waals surface area contributed by atoms with Gasteiger partial charge in [-0.05, 0) is 30.3 Å². The van der Waals surface area contributed by atoms with E-state index < -0.39 is 0 Å². The number of carbonyl (C=O) groups is 2. The number of hydrogen-bond acceptors (Lipinski definition) is 4. The number of benzene rings is 2. The molecular weight excluding hydrogens is 356 g/mol. The van der Waals surface area contributed by atoms with E-state index in [9.17, 15) is 9.59 Å². The van der Waals surface area contributed by atoms with Gasteiger partial charge in [-0.2, -0.15) is 0 Å². The van der Waals surface area contributed by atoms with Crippen molar-refractivity contribution >= 4 is 28.5 Å². The lowest BCUT2D eigenvalue weighted by Gasteiger charge is -2.07. The van der Waals surface area contributed by atoms with Gasteiger partial charge in [0.1, 0.15) is 11.6 Å². The van der Waals surface area contributed by atoms with E-state index in [2.05, 4.69) is 15.6 Å². The SMILES string of the molecule is CCC(=O)NCCc1nc2cc(NC(=O)COc3ccccc3)ccc2n1C. The number of amides is 2. The lowest BCUT2D eigenvalue weighted by molar-refractivity contribution is -0.120. The van der Waals surface area contributed by atoms with E-state index in [0.29, 0.717) is 30.8 Å². The zero-order valence-electron chi connectivity index (χ0n) is 16.1. The van der Waals surface area contributed by atoms with Crippen LogP contribution < -0.4 is 15.4 Å². The predicted molar refractivity (Wildman–Crippen MR) is 108 cm³/mol. The van der Waals surface area contributed by atoms with Gasteiger partial charge in [-0.1, -0.05) is 25.1 Å². The summed E-state index contributed by atoms with van der Waals surface area (Å²) in [6, 6.07) is 14.8. The molecule has 0 aliphatic heterocycles. The molecule has 3 aromatic rings. The molecule has 0 bridgehead atoms. The van der Waals surface area contributed by atoms with E-state index in [1.165, 1.54) is 0 Å². The van der Waals surface area contributed by atoms with Gasteiger partial charge in [0, 0.05) is 32.1 Å². The molecule has 3 rings (SSSR count). The Morgan fingerprint density at radius 3 is 2.64 bits per heavy atom. The van der Waals surface area contributed by atoms with E-state index >= 15 is 0 Å². The smallest absolute Gasteiger partial charge is 0.262 e. The lowest BCUT2D eigenvalue weighted by atomic mass is 10.2. The summed E-state index contributed by atoms with van der Waals surface area (Å²) >= 11 is 0. The van der Waals surface area contributed by atoms with E-state index in [-0.39, 0.29) is 18.4 Å². The lowest BCUT2D eigenvalue weighted by Crippen LogP contribution is -2.25. The monoisotopic (exact) mass is 380 g/mol. The Bertz CT molecular complexity index is 966. The van der Waals surface area contributed by atoms with Crippen LogP contribution in [0.1, 0.15) is 19.2 Å². The van der Waals surface area contributed by atoms with Gasteiger partial charge >= 0.3 is 0 Å². The largest absolute Gasteiger partial charge is 0.484 e. The van der Waals surface area contributed by atoms with Crippen LogP contribution in [0.3, 0.4) is 0 Å². The van der Waals surface area contributed by atoms with Gasteiger partial charge < -0.3 is 19.9 Å². The first-order chi connectivity index (χ1) is 13.6. The summed E-state index contributed by atoms with van der Waals surface area (Å²) in [5.74, 6) is 1.32. The van der Waals surface area contributed by atoms with E-state index in [1.807, 2.05) is 54.9 Å². The first-order valence-electron chi connectivity index (χ1n) is 9.26. The summed E-state index contributed by atoms with van der Waals surface area (Å²) < 4.78 is 7.45. The molecule has 2 amide bonds. The number of ether oxygens (including phenoxy) is 1. The van der Waals surface area contributed by atoms with Crippen LogP contribution in [0.2, 0.25) is 0 Å². The number of nitrogens with zero attached hydrogens (tertiary/aromatic N) is 2. The van der Waals surface area contributed by atoms with Crippen LogP contribution in [0.25, 0.3) is 11.0 Å². The molecule has 0 saturated carbocycles. The second-order valence-electron chi connectivity index (χ2n) is 6.39. The molecule has 0 unspecified atom stereocenters. The van der Waals surface area contributed by atoms with E-state index in [0.717, 1.165) is 16.9 Å². The summed E-state index contributed by atoms with van der Waals surface area (Å²) in [7, 11) is 1.94. The van der Waals surface area contributed by atoms with Crippen LogP contribution >= 0.6 is 0 Å². The van der Waals surface area contributed by atoms with Crippen LogP contribution in [0, 0.1) is 0 Å². The second-order valence-corrected chi connectivity index (χ2v) is 6.39. The molecule has 7 nitrogen and oxygen atoms in total. The molecule has 0 spiro atoms. The van der Waals surface area contributed by atoms with Crippen molar-refractivity contribution in [3.63, 3.8) is 0 Å². The van der Waals surface area contributed by atoms with Crippen molar-refractivity contribution in [3.05, 3.63) is 54.4 Å². The molecule has 0 aliphatic rings. The van der Waals surface area contributed by atoms with E-state index in [4.69, 9.17) is 4.74 Å². The fourth-order valence-electron chi connectivity index (χ4n) is 2.85. The summed E-state index contributed by atoms with van der Waals surface area (Å²) in [5, 5.41) is 5.68. The zero-order valence-corrected chi connectivity index (χ0v) is 16.1. The number of nitrogens with one attached hydrogen (secondary N) is 2. The van der Waals surface area contributed by atoms with Crippen LogP contribution in [-0.4, -0.2) is 34.5 Å². The summed E-state index contributed by atoms with van der Waals surface area (Å²) in [5.41, 5.74) is 2.43. The van der Waals surface area contributed by atoms with Crippen molar-refractivity contribution in [2.75, 3.05) is 18.5 Å². The summed E-state index contributed by atoms with van der Waals surface area (Å²) in [6.07, 6.45) is 1.11. The second kappa shape index (κ2) is 9.03. The number of carbonyl (C=O) groups excluding carboxylic acids is 2. The third-order valence-corrected chi connectivity index (χ3v) is 4.36. The Hall–Kier alpha value is -3.35. The zero-order chi connectivity index (χ0) is 19.9. The number of imidazole rings is 1. The van der Waals surface area contributed by atoms with Crippen molar-refractivity contribution in [2.24, 2.45) is 7.05 Å². The van der Waals surface area contributed by atoms with Crippen LogP contribution in [0.15, 0.2) is 48.5 Å². The Balaban J connectivity index is 1.61. The maximum atomic E-state index is 12.1. The topological polar surface area (TPSA) is 85.2 Å². The minimum absolute atomic E-state index is 0.0292. The van der Waals surface area contributed by atoms with Gasteiger partial charge in [0.2, 0.25) is 5.91 Å². The highest BCUT2D eigenvalue weighted by molar-refractivity contribution is 5.94. The quantitative estimate of drug-likeness (QED) is 0.629. The van der Waals surface area contributed by atoms with Gasteiger partial charge in [-0.25, -0.2) is 4.98 Å². The van der Waals surface area contributed by atoms with Crippen molar-refractivity contribution in [2.45, 2.75) is 19.8 Å². The van der Waals surface area contributed by atoms with Gasteiger partial charge in [0.15, 0.2) is 6.61 Å². The fraction of sp³-hybridized carbons (Fsp3) is 0.286. The number of aromatic nitrogens is 2. The maximum Gasteiger partial charge on any atom is 0.262 e. The molecule has 1 heterocycles. The van der Waals surface area contributed by atoms with E-state index in [1.54, 1.807) is 12.1 Å². The number of fused-ring (bicyclic) bond motifs is 1. The predicted octanol–water partition coefficient (Wildman–Crippen LogP) is 2.66. The first-order valence-corrected chi connectivity index (χ1v) is 9.26. The average Bonchev–Trinajstić information content (AvgIpc) is 3.02. The molecule has 0 saturated heterocycles.